The Morgan fingerprint density at radius 2 is 1.70 bits per heavy atom. The molecule has 1 atom stereocenters. The van der Waals surface area contributed by atoms with Gasteiger partial charge in [0.05, 0.1) is 25.9 Å². The zero-order chi connectivity index (χ0) is 15.0. The zero-order valence-electron chi connectivity index (χ0n) is 11.1. The van der Waals surface area contributed by atoms with Crippen LogP contribution in [0, 0.1) is 5.92 Å². The zero-order valence-corrected chi connectivity index (χ0v) is 11.1. The third kappa shape index (κ3) is 5.51. The summed E-state index contributed by atoms with van der Waals surface area (Å²) in [4.78, 5) is 33.6. The third-order valence-electron chi connectivity index (χ3n) is 2.65. The highest BCUT2D eigenvalue weighted by molar-refractivity contribution is 5.83. The van der Waals surface area contributed by atoms with Gasteiger partial charge in [-0.05, 0) is 5.56 Å². The number of esters is 2. The number of aliphatic carboxylic acids is 1. The molecule has 108 valence electrons. The minimum Gasteiger partial charge on any atom is -0.481 e. The fraction of sp³-hybridized carbons (Fsp3) is 0.357. The first-order valence-corrected chi connectivity index (χ1v) is 6.02. The van der Waals surface area contributed by atoms with Gasteiger partial charge in [0.15, 0.2) is 0 Å². The number of rotatable bonds is 7. The average molecular weight is 280 g/mol. The molecule has 0 fully saturated rings. The van der Waals surface area contributed by atoms with E-state index >= 15 is 0 Å². The van der Waals surface area contributed by atoms with Crippen molar-refractivity contribution in [3.63, 3.8) is 0 Å². The molecule has 1 N–H and O–H groups in total. The summed E-state index contributed by atoms with van der Waals surface area (Å²) in [5, 5.41) is 8.94. The number of methoxy groups -OCH3 is 1. The van der Waals surface area contributed by atoms with Crippen LogP contribution in [-0.4, -0.2) is 30.1 Å². The Morgan fingerprint density at radius 1 is 1.10 bits per heavy atom. The van der Waals surface area contributed by atoms with Gasteiger partial charge in [-0.2, -0.15) is 0 Å². The summed E-state index contributed by atoms with van der Waals surface area (Å²) in [5.41, 5.74) is 0.806. The molecule has 0 aromatic heterocycles. The van der Waals surface area contributed by atoms with Gasteiger partial charge in [-0.25, -0.2) is 0 Å². The SMILES string of the molecule is COC(=O)C[C@@H](CC(=O)OCc1ccccc1)C(=O)O. The molecule has 6 nitrogen and oxygen atoms in total. The van der Waals surface area contributed by atoms with Gasteiger partial charge in [-0.3, -0.25) is 14.4 Å². The highest BCUT2D eigenvalue weighted by Crippen LogP contribution is 2.12. The summed E-state index contributed by atoms with van der Waals surface area (Å²) in [7, 11) is 1.16. The Kier molecular flexibility index (Phi) is 6.22. The van der Waals surface area contributed by atoms with Crippen molar-refractivity contribution in [2.24, 2.45) is 5.92 Å². The normalized spacial score (nSPS) is 11.4. The predicted octanol–water partition coefficient (Wildman–Crippen LogP) is 1.38. The maximum atomic E-state index is 11.6. The Labute approximate surface area is 116 Å². The molecule has 1 rings (SSSR count). The first-order valence-electron chi connectivity index (χ1n) is 6.02. The standard InChI is InChI=1S/C14H16O6/c1-19-12(15)7-11(14(17)18)8-13(16)20-9-10-5-3-2-4-6-10/h2-6,11H,7-9H2,1H3,(H,17,18)/t11-/m0/s1. The Balaban J connectivity index is 2.46. The quantitative estimate of drug-likeness (QED) is 0.759. The maximum Gasteiger partial charge on any atom is 0.307 e. The summed E-state index contributed by atoms with van der Waals surface area (Å²) in [6, 6.07) is 9.02. The number of benzene rings is 1. The van der Waals surface area contributed by atoms with Gasteiger partial charge in [-0.15, -0.1) is 0 Å². The van der Waals surface area contributed by atoms with Gasteiger partial charge in [0.2, 0.25) is 0 Å². The van der Waals surface area contributed by atoms with E-state index in [1.54, 1.807) is 24.3 Å². The highest BCUT2D eigenvalue weighted by Gasteiger charge is 2.25. The molecule has 0 saturated carbocycles. The molecule has 1 aromatic rings. The molecule has 1 aromatic carbocycles. The van der Waals surface area contributed by atoms with Crippen LogP contribution in [0.3, 0.4) is 0 Å². The van der Waals surface area contributed by atoms with Crippen LogP contribution in [0.1, 0.15) is 18.4 Å². The molecule has 0 aliphatic heterocycles. The number of hydrogen-bond donors (Lipinski definition) is 1. The van der Waals surface area contributed by atoms with Gasteiger partial charge >= 0.3 is 17.9 Å². The second kappa shape index (κ2) is 7.93. The number of carbonyl (C=O) groups excluding carboxylic acids is 2. The summed E-state index contributed by atoms with van der Waals surface area (Å²) < 4.78 is 9.36. The topological polar surface area (TPSA) is 89.9 Å². The van der Waals surface area contributed by atoms with Crippen LogP contribution in [0.25, 0.3) is 0 Å². The lowest BCUT2D eigenvalue weighted by Gasteiger charge is -2.10. The molecule has 0 aliphatic rings. The van der Waals surface area contributed by atoms with E-state index in [2.05, 4.69) is 4.74 Å². The molecular formula is C14H16O6. The number of carbonyl (C=O) groups is 3. The van der Waals surface area contributed by atoms with Crippen LogP contribution < -0.4 is 0 Å². The fourth-order valence-corrected chi connectivity index (χ4v) is 1.53. The first kappa shape index (κ1) is 15.7. The van der Waals surface area contributed by atoms with Crippen LogP contribution >= 0.6 is 0 Å². The third-order valence-corrected chi connectivity index (χ3v) is 2.65. The van der Waals surface area contributed by atoms with Crippen molar-refractivity contribution in [2.75, 3.05) is 7.11 Å². The van der Waals surface area contributed by atoms with E-state index in [1.165, 1.54) is 0 Å². The number of ether oxygens (including phenoxy) is 2. The van der Waals surface area contributed by atoms with Crippen molar-refractivity contribution in [1.82, 2.24) is 0 Å². The smallest absolute Gasteiger partial charge is 0.307 e. The molecular weight excluding hydrogens is 264 g/mol. The molecule has 0 heterocycles. The molecule has 0 spiro atoms. The minimum absolute atomic E-state index is 0.0736. The highest BCUT2D eigenvalue weighted by atomic mass is 16.5. The summed E-state index contributed by atoms with van der Waals surface area (Å²) in [6.07, 6.45) is -0.719. The Bertz CT molecular complexity index is 468. The van der Waals surface area contributed by atoms with Gasteiger partial charge in [0, 0.05) is 0 Å². The molecule has 0 unspecified atom stereocenters. The number of carboxylic acids is 1. The molecule has 0 aliphatic carbocycles. The first-order chi connectivity index (χ1) is 9.52. The van der Waals surface area contributed by atoms with E-state index in [0.717, 1.165) is 12.7 Å². The monoisotopic (exact) mass is 280 g/mol. The second-order valence-electron chi connectivity index (χ2n) is 4.17. The van der Waals surface area contributed by atoms with Crippen molar-refractivity contribution < 1.29 is 29.0 Å². The molecule has 20 heavy (non-hydrogen) atoms. The van der Waals surface area contributed by atoms with Crippen molar-refractivity contribution in [1.29, 1.82) is 0 Å². The fourth-order valence-electron chi connectivity index (χ4n) is 1.53. The van der Waals surface area contributed by atoms with E-state index in [-0.39, 0.29) is 19.4 Å². The Morgan fingerprint density at radius 3 is 2.25 bits per heavy atom. The number of carboxylic acid groups (broad SMARTS) is 1. The van der Waals surface area contributed by atoms with E-state index in [4.69, 9.17) is 9.84 Å². The van der Waals surface area contributed by atoms with Crippen LogP contribution in [0.4, 0.5) is 0 Å². The molecule has 0 radical (unpaired) electrons. The lowest BCUT2D eigenvalue weighted by Crippen LogP contribution is -2.23. The predicted molar refractivity (Wildman–Crippen MR) is 68.6 cm³/mol. The van der Waals surface area contributed by atoms with Gasteiger partial charge in [0.25, 0.3) is 0 Å². The van der Waals surface area contributed by atoms with Crippen LogP contribution in [-0.2, 0) is 30.5 Å². The van der Waals surface area contributed by atoms with E-state index in [9.17, 15) is 14.4 Å². The van der Waals surface area contributed by atoms with Crippen molar-refractivity contribution in [2.45, 2.75) is 19.4 Å². The summed E-state index contributed by atoms with van der Waals surface area (Å²) >= 11 is 0. The maximum absolute atomic E-state index is 11.6. The van der Waals surface area contributed by atoms with Crippen molar-refractivity contribution in [3.05, 3.63) is 35.9 Å². The van der Waals surface area contributed by atoms with Crippen molar-refractivity contribution in [3.8, 4) is 0 Å². The van der Waals surface area contributed by atoms with Gasteiger partial charge in [0.1, 0.15) is 6.61 Å². The van der Waals surface area contributed by atoms with Crippen LogP contribution in [0.5, 0.6) is 0 Å². The van der Waals surface area contributed by atoms with E-state index < -0.39 is 23.8 Å². The summed E-state index contributed by atoms with van der Waals surface area (Å²) in [6.45, 7) is 0.0736. The van der Waals surface area contributed by atoms with Gasteiger partial charge < -0.3 is 14.6 Å². The molecule has 0 bridgehead atoms. The summed E-state index contributed by atoms with van der Waals surface area (Å²) in [5.74, 6) is -3.70. The Hall–Kier alpha value is -2.37. The van der Waals surface area contributed by atoms with E-state index in [1.807, 2.05) is 6.07 Å². The number of hydrogen-bond acceptors (Lipinski definition) is 5. The molecule has 0 amide bonds. The second-order valence-corrected chi connectivity index (χ2v) is 4.17. The van der Waals surface area contributed by atoms with Crippen LogP contribution in [0.15, 0.2) is 30.3 Å². The van der Waals surface area contributed by atoms with Crippen molar-refractivity contribution >= 4 is 17.9 Å². The average Bonchev–Trinajstić information content (AvgIpc) is 2.45. The molecule has 6 heteroatoms. The lowest BCUT2D eigenvalue weighted by molar-refractivity contribution is -0.155. The largest absolute Gasteiger partial charge is 0.481 e. The molecule has 0 saturated heterocycles. The minimum atomic E-state index is -1.23. The van der Waals surface area contributed by atoms with Crippen LogP contribution in [0.2, 0.25) is 0 Å². The van der Waals surface area contributed by atoms with E-state index in [0.29, 0.717) is 0 Å². The lowest BCUT2D eigenvalue weighted by atomic mass is 10.0. The van der Waals surface area contributed by atoms with Gasteiger partial charge in [-0.1, -0.05) is 30.3 Å².